The van der Waals surface area contributed by atoms with Crippen LogP contribution in [-0.2, 0) is 11.3 Å². The van der Waals surface area contributed by atoms with Crippen LogP contribution in [0.1, 0.15) is 11.1 Å². The van der Waals surface area contributed by atoms with Gasteiger partial charge in [0.15, 0.2) is 0 Å². The first-order valence-corrected chi connectivity index (χ1v) is 8.92. The first kappa shape index (κ1) is 20.3. The van der Waals surface area contributed by atoms with Crippen molar-refractivity contribution in [1.82, 2.24) is 4.90 Å². The van der Waals surface area contributed by atoms with E-state index in [-0.39, 0.29) is 12.5 Å². The van der Waals surface area contributed by atoms with Crippen molar-refractivity contribution in [1.29, 1.82) is 0 Å². The van der Waals surface area contributed by atoms with Gasteiger partial charge in [-0.3, -0.25) is 9.69 Å². The number of hydrogen-bond acceptors (Lipinski definition) is 3. The van der Waals surface area contributed by atoms with Crippen molar-refractivity contribution >= 4 is 34.8 Å². The fourth-order valence-corrected chi connectivity index (χ4v) is 2.87. The second-order valence-corrected chi connectivity index (χ2v) is 6.80. The summed E-state index contributed by atoms with van der Waals surface area (Å²) in [6, 6.07) is 11.3. The van der Waals surface area contributed by atoms with Crippen LogP contribution in [0.5, 0.6) is 5.75 Å². The maximum Gasteiger partial charge on any atom is 0.238 e. The van der Waals surface area contributed by atoms with Crippen molar-refractivity contribution in [3.8, 4) is 5.75 Å². The van der Waals surface area contributed by atoms with E-state index in [2.05, 4.69) is 11.9 Å². The predicted octanol–water partition coefficient (Wildman–Crippen LogP) is 4.94. The molecular weight excluding hydrogens is 371 g/mol. The second kappa shape index (κ2) is 9.62. The Hall–Kier alpha value is -2.01. The molecule has 0 spiro atoms. The number of amides is 1. The summed E-state index contributed by atoms with van der Waals surface area (Å²) in [5, 5.41) is 3.68. The number of rotatable bonds is 8. The van der Waals surface area contributed by atoms with Gasteiger partial charge < -0.3 is 10.1 Å². The van der Waals surface area contributed by atoms with Crippen LogP contribution in [0, 0.1) is 6.92 Å². The van der Waals surface area contributed by atoms with Crippen LogP contribution in [0.25, 0.3) is 0 Å². The number of nitrogens with one attached hydrogen (secondary N) is 1. The molecule has 1 N–H and O–H groups in total. The average molecular weight is 393 g/mol. The van der Waals surface area contributed by atoms with Crippen molar-refractivity contribution in [2.45, 2.75) is 13.5 Å². The van der Waals surface area contributed by atoms with Gasteiger partial charge in [-0.25, -0.2) is 0 Å². The normalized spacial score (nSPS) is 10.7. The number of halogens is 2. The molecule has 6 heteroatoms. The number of benzene rings is 2. The van der Waals surface area contributed by atoms with Crippen LogP contribution >= 0.6 is 23.2 Å². The fourth-order valence-electron chi connectivity index (χ4n) is 2.41. The molecule has 2 rings (SSSR count). The van der Waals surface area contributed by atoms with Gasteiger partial charge in [-0.05, 0) is 43.3 Å². The van der Waals surface area contributed by atoms with Gasteiger partial charge in [0.2, 0.25) is 5.91 Å². The van der Waals surface area contributed by atoms with E-state index in [1.54, 1.807) is 12.1 Å². The number of likely N-dealkylation sites (N-methyl/N-ethyl adjacent to an activating group) is 1. The van der Waals surface area contributed by atoms with E-state index >= 15 is 0 Å². The van der Waals surface area contributed by atoms with Crippen LogP contribution in [0.2, 0.25) is 10.0 Å². The highest BCUT2D eigenvalue weighted by molar-refractivity contribution is 6.40. The van der Waals surface area contributed by atoms with E-state index in [0.717, 1.165) is 16.9 Å². The Morgan fingerprint density at radius 2 is 1.92 bits per heavy atom. The zero-order chi connectivity index (χ0) is 19.1. The minimum absolute atomic E-state index is 0.173. The quantitative estimate of drug-likeness (QED) is 0.646. The van der Waals surface area contributed by atoms with Crippen molar-refractivity contribution in [3.05, 3.63) is 70.2 Å². The van der Waals surface area contributed by atoms with Crippen LogP contribution in [0.4, 0.5) is 5.69 Å². The van der Waals surface area contributed by atoms with Gasteiger partial charge in [0.25, 0.3) is 0 Å². The molecule has 0 aromatic heterocycles. The molecular formula is C20H22Cl2N2O2. The molecule has 0 heterocycles. The minimum Gasteiger partial charge on any atom is -0.490 e. The summed E-state index contributed by atoms with van der Waals surface area (Å²) < 4.78 is 5.46. The Balaban J connectivity index is 1.91. The highest BCUT2D eigenvalue weighted by Crippen LogP contribution is 2.32. The van der Waals surface area contributed by atoms with E-state index in [4.69, 9.17) is 27.9 Å². The molecule has 1 amide bonds. The van der Waals surface area contributed by atoms with Gasteiger partial charge >= 0.3 is 0 Å². The number of anilines is 1. The Morgan fingerprint density at radius 3 is 2.58 bits per heavy atom. The molecule has 0 fully saturated rings. The number of carbonyl (C=O) groups excluding carboxylic acids is 1. The molecule has 138 valence electrons. The first-order chi connectivity index (χ1) is 12.4. The second-order valence-electron chi connectivity index (χ2n) is 6.02. The lowest BCUT2D eigenvalue weighted by Crippen LogP contribution is -2.30. The molecule has 4 nitrogen and oxygen atoms in total. The summed E-state index contributed by atoms with van der Waals surface area (Å²) in [7, 11) is 1.88. The summed E-state index contributed by atoms with van der Waals surface area (Å²) in [4.78, 5) is 14.2. The van der Waals surface area contributed by atoms with Gasteiger partial charge in [0.05, 0.1) is 22.3 Å². The molecule has 0 unspecified atom stereocenters. The zero-order valence-electron chi connectivity index (χ0n) is 14.9. The Bertz CT molecular complexity index is 776. The van der Waals surface area contributed by atoms with Gasteiger partial charge in [0.1, 0.15) is 12.4 Å². The number of carbonyl (C=O) groups is 1. The number of ether oxygens (including phenoxy) is 1. The molecule has 2 aromatic carbocycles. The summed E-state index contributed by atoms with van der Waals surface area (Å²) >= 11 is 12.4. The van der Waals surface area contributed by atoms with Crippen LogP contribution in [0.15, 0.2) is 49.1 Å². The van der Waals surface area contributed by atoms with Gasteiger partial charge in [-0.15, -0.1) is 0 Å². The topological polar surface area (TPSA) is 41.6 Å². The molecule has 26 heavy (non-hydrogen) atoms. The van der Waals surface area contributed by atoms with Crippen molar-refractivity contribution in [3.63, 3.8) is 0 Å². The zero-order valence-corrected chi connectivity index (χ0v) is 16.4. The predicted molar refractivity (Wildman–Crippen MR) is 108 cm³/mol. The summed E-state index contributed by atoms with van der Waals surface area (Å²) in [5.74, 6) is 0.616. The lowest BCUT2D eigenvalue weighted by Gasteiger charge is -2.18. The third kappa shape index (κ3) is 5.77. The molecule has 0 aliphatic heterocycles. The van der Waals surface area contributed by atoms with E-state index in [0.29, 0.717) is 28.9 Å². The van der Waals surface area contributed by atoms with Gasteiger partial charge in [-0.1, -0.05) is 54.1 Å². The highest BCUT2D eigenvalue weighted by Gasteiger charge is 2.13. The standard InChI is InChI=1S/C20H22Cl2N2O2/c1-4-11-26-16-8-6-15(7-9-16)12-24(3)13-18(25)23-20-17(21)10-5-14(2)19(20)22/h4-10H,1,11-13H2,2-3H3,(H,23,25). The molecule has 0 atom stereocenters. The van der Waals surface area contributed by atoms with Crippen molar-refractivity contribution in [2.24, 2.45) is 0 Å². The average Bonchev–Trinajstić information content (AvgIpc) is 2.61. The molecule has 0 bridgehead atoms. The maximum atomic E-state index is 12.3. The smallest absolute Gasteiger partial charge is 0.238 e. The molecule has 0 aliphatic carbocycles. The van der Waals surface area contributed by atoms with Crippen LogP contribution in [0.3, 0.4) is 0 Å². The Morgan fingerprint density at radius 1 is 1.23 bits per heavy atom. The van der Waals surface area contributed by atoms with E-state index in [9.17, 15) is 4.79 Å². The SMILES string of the molecule is C=CCOc1ccc(CN(C)CC(=O)Nc2c(Cl)ccc(C)c2Cl)cc1. The summed E-state index contributed by atoms with van der Waals surface area (Å²) in [6.45, 7) is 6.81. The van der Waals surface area contributed by atoms with Gasteiger partial charge in [-0.2, -0.15) is 0 Å². The minimum atomic E-state index is -0.173. The molecule has 0 saturated carbocycles. The van der Waals surface area contributed by atoms with E-state index in [1.165, 1.54) is 0 Å². The Labute approximate surface area is 164 Å². The third-order valence-corrected chi connectivity index (χ3v) is 4.51. The first-order valence-electron chi connectivity index (χ1n) is 8.16. The van der Waals surface area contributed by atoms with Crippen LogP contribution < -0.4 is 10.1 Å². The monoisotopic (exact) mass is 392 g/mol. The summed E-state index contributed by atoms with van der Waals surface area (Å²) in [5.41, 5.74) is 2.40. The van der Waals surface area contributed by atoms with Crippen molar-refractivity contribution < 1.29 is 9.53 Å². The molecule has 0 radical (unpaired) electrons. The highest BCUT2D eigenvalue weighted by atomic mass is 35.5. The van der Waals surface area contributed by atoms with E-state index < -0.39 is 0 Å². The van der Waals surface area contributed by atoms with Crippen LogP contribution in [-0.4, -0.2) is 31.0 Å². The van der Waals surface area contributed by atoms with Gasteiger partial charge in [0, 0.05) is 6.54 Å². The number of aryl methyl sites for hydroxylation is 1. The number of hydrogen-bond donors (Lipinski definition) is 1. The Kier molecular flexibility index (Phi) is 7.51. The van der Waals surface area contributed by atoms with Crippen molar-refractivity contribution in [2.75, 3.05) is 25.5 Å². The molecule has 2 aromatic rings. The molecule has 0 aliphatic rings. The third-order valence-electron chi connectivity index (χ3n) is 3.71. The largest absolute Gasteiger partial charge is 0.490 e. The number of nitrogens with zero attached hydrogens (tertiary/aromatic N) is 1. The maximum absolute atomic E-state index is 12.3. The lowest BCUT2D eigenvalue weighted by molar-refractivity contribution is -0.117. The fraction of sp³-hybridized carbons (Fsp3) is 0.250. The lowest BCUT2D eigenvalue weighted by atomic mass is 10.2. The van der Waals surface area contributed by atoms with E-state index in [1.807, 2.05) is 49.2 Å². The molecule has 0 saturated heterocycles. The summed E-state index contributed by atoms with van der Waals surface area (Å²) in [6.07, 6.45) is 1.70.